The quantitative estimate of drug-likeness (QED) is 0.441. The van der Waals surface area contributed by atoms with Gasteiger partial charge in [-0.15, -0.1) is 0 Å². The molecule has 2 heterocycles. The van der Waals surface area contributed by atoms with Gasteiger partial charge in [-0.25, -0.2) is 22.1 Å². The second kappa shape index (κ2) is 10.9. The number of carbonyl (C=O) groups is 1. The molecule has 1 aromatic heterocycles. The molecule has 0 unspecified atom stereocenters. The number of ether oxygens (including phenoxy) is 1. The Morgan fingerprint density at radius 2 is 1.87 bits per heavy atom. The molecule has 0 saturated heterocycles. The number of carbonyl (C=O) groups excluding carboxylic acids is 1. The van der Waals surface area contributed by atoms with Crippen LogP contribution in [0.2, 0.25) is 0 Å². The van der Waals surface area contributed by atoms with Crippen LogP contribution in [0.15, 0.2) is 58.2 Å². The van der Waals surface area contributed by atoms with Crippen LogP contribution in [0.1, 0.15) is 35.5 Å². The fourth-order valence-electron chi connectivity index (χ4n) is 4.13. The summed E-state index contributed by atoms with van der Waals surface area (Å²) in [5, 5.41) is 2.63. The lowest BCUT2D eigenvalue weighted by Gasteiger charge is -2.22. The molecule has 1 amide bonds. The number of nitrogens with one attached hydrogen (secondary N) is 1. The summed E-state index contributed by atoms with van der Waals surface area (Å²) in [4.78, 5) is 33.0. The maximum Gasteiger partial charge on any atom is 0.298 e. The van der Waals surface area contributed by atoms with Crippen LogP contribution in [-0.4, -0.2) is 54.9 Å². The Morgan fingerprint density at radius 1 is 1.16 bits per heavy atom. The SMILES string of the molecule is CC(C)N1CCn2c1nc(C(=O)NCc1ccc(F)cc1S(=O)(=O)N(C)C)c(OCc1ccccc1)c2=O. The topological polar surface area (TPSA) is 114 Å². The third-order valence-corrected chi connectivity index (χ3v) is 8.12. The Labute approximate surface area is 220 Å². The largest absolute Gasteiger partial charge is 0.481 e. The summed E-state index contributed by atoms with van der Waals surface area (Å²) in [6, 6.07) is 12.6. The van der Waals surface area contributed by atoms with Gasteiger partial charge in [-0.2, -0.15) is 0 Å². The molecular weight excluding hydrogens is 513 g/mol. The molecule has 0 spiro atoms. The lowest BCUT2D eigenvalue weighted by atomic mass is 10.2. The highest BCUT2D eigenvalue weighted by Crippen LogP contribution is 2.25. The van der Waals surface area contributed by atoms with Crippen molar-refractivity contribution in [3.05, 3.63) is 81.5 Å². The Balaban J connectivity index is 1.69. The van der Waals surface area contributed by atoms with E-state index in [1.165, 1.54) is 24.7 Å². The van der Waals surface area contributed by atoms with Crippen molar-refractivity contribution < 1.29 is 22.3 Å². The van der Waals surface area contributed by atoms with Gasteiger partial charge in [0.25, 0.3) is 11.5 Å². The van der Waals surface area contributed by atoms with Gasteiger partial charge in [0.1, 0.15) is 12.4 Å². The van der Waals surface area contributed by atoms with Gasteiger partial charge in [-0.05, 0) is 37.1 Å². The van der Waals surface area contributed by atoms with E-state index in [4.69, 9.17) is 4.74 Å². The number of benzene rings is 2. The van der Waals surface area contributed by atoms with Crippen LogP contribution >= 0.6 is 0 Å². The highest BCUT2D eigenvalue weighted by atomic mass is 32.2. The molecule has 38 heavy (non-hydrogen) atoms. The second-order valence-corrected chi connectivity index (χ2v) is 11.5. The molecule has 1 aliphatic rings. The van der Waals surface area contributed by atoms with Crippen LogP contribution in [0.25, 0.3) is 0 Å². The van der Waals surface area contributed by atoms with Gasteiger partial charge in [0.2, 0.25) is 21.7 Å². The van der Waals surface area contributed by atoms with E-state index in [1.54, 1.807) is 0 Å². The molecular formula is C26H30FN5O5S. The predicted molar refractivity (Wildman–Crippen MR) is 140 cm³/mol. The van der Waals surface area contributed by atoms with Crippen LogP contribution in [0, 0.1) is 5.82 Å². The number of halogens is 1. The van der Waals surface area contributed by atoms with Crippen molar-refractivity contribution in [3.8, 4) is 5.75 Å². The van der Waals surface area contributed by atoms with Crippen molar-refractivity contribution in [2.75, 3.05) is 25.5 Å². The zero-order valence-electron chi connectivity index (χ0n) is 21.6. The zero-order chi connectivity index (χ0) is 27.6. The molecule has 1 aliphatic heterocycles. The molecule has 2 aromatic carbocycles. The van der Waals surface area contributed by atoms with E-state index in [9.17, 15) is 22.4 Å². The van der Waals surface area contributed by atoms with E-state index in [-0.39, 0.29) is 41.1 Å². The Morgan fingerprint density at radius 3 is 2.53 bits per heavy atom. The lowest BCUT2D eigenvalue weighted by Crippen LogP contribution is -2.33. The first kappa shape index (κ1) is 27.3. The highest BCUT2D eigenvalue weighted by molar-refractivity contribution is 7.89. The van der Waals surface area contributed by atoms with Crippen molar-refractivity contribution in [1.29, 1.82) is 0 Å². The molecule has 3 aromatic rings. The lowest BCUT2D eigenvalue weighted by molar-refractivity contribution is 0.0939. The second-order valence-electron chi connectivity index (χ2n) is 9.33. The van der Waals surface area contributed by atoms with Crippen LogP contribution in [0.3, 0.4) is 0 Å². The normalized spacial score (nSPS) is 13.2. The number of aromatic nitrogens is 2. The third kappa shape index (κ3) is 5.41. The molecule has 0 bridgehead atoms. The van der Waals surface area contributed by atoms with Gasteiger partial charge >= 0.3 is 0 Å². The number of anilines is 1. The van der Waals surface area contributed by atoms with Crippen molar-refractivity contribution in [1.82, 2.24) is 19.2 Å². The summed E-state index contributed by atoms with van der Waals surface area (Å²) in [5.41, 5.74) is 0.306. The maximum atomic E-state index is 13.9. The number of amides is 1. The molecule has 10 nitrogen and oxygen atoms in total. The minimum atomic E-state index is -3.98. The van der Waals surface area contributed by atoms with E-state index < -0.39 is 27.3 Å². The average molecular weight is 544 g/mol. The van der Waals surface area contributed by atoms with E-state index in [0.717, 1.165) is 22.0 Å². The highest BCUT2D eigenvalue weighted by Gasteiger charge is 2.31. The molecule has 202 valence electrons. The number of fused-ring (bicyclic) bond motifs is 1. The zero-order valence-corrected chi connectivity index (χ0v) is 22.5. The van der Waals surface area contributed by atoms with Gasteiger partial charge in [0.05, 0.1) is 4.90 Å². The van der Waals surface area contributed by atoms with Crippen LogP contribution < -0.4 is 20.5 Å². The van der Waals surface area contributed by atoms with E-state index in [1.807, 2.05) is 49.1 Å². The summed E-state index contributed by atoms with van der Waals surface area (Å²) >= 11 is 0. The van der Waals surface area contributed by atoms with Crippen molar-refractivity contribution in [2.45, 2.75) is 44.5 Å². The van der Waals surface area contributed by atoms with E-state index in [0.29, 0.717) is 19.0 Å². The Hall–Kier alpha value is -3.77. The van der Waals surface area contributed by atoms with Crippen molar-refractivity contribution in [3.63, 3.8) is 0 Å². The van der Waals surface area contributed by atoms with Gasteiger partial charge in [0, 0.05) is 39.8 Å². The first-order chi connectivity index (χ1) is 18.0. The number of rotatable bonds is 9. The summed E-state index contributed by atoms with van der Waals surface area (Å²) in [6.45, 7) is 4.70. The fourth-order valence-corrected chi connectivity index (χ4v) is 5.25. The number of hydrogen-bond donors (Lipinski definition) is 1. The van der Waals surface area contributed by atoms with Crippen LogP contribution in [0.4, 0.5) is 10.3 Å². The van der Waals surface area contributed by atoms with Crippen molar-refractivity contribution in [2.24, 2.45) is 0 Å². The minimum absolute atomic E-state index is 0.0423. The average Bonchev–Trinajstić information content (AvgIpc) is 3.32. The molecule has 12 heteroatoms. The van der Waals surface area contributed by atoms with Gasteiger partial charge in [0.15, 0.2) is 5.69 Å². The monoisotopic (exact) mass is 543 g/mol. The van der Waals surface area contributed by atoms with E-state index >= 15 is 0 Å². The summed E-state index contributed by atoms with van der Waals surface area (Å²) < 4.78 is 47.7. The van der Waals surface area contributed by atoms with E-state index in [2.05, 4.69) is 10.3 Å². The first-order valence-corrected chi connectivity index (χ1v) is 13.5. The molecule has 1 N–H and O–H groups in total. The molecule has 0 radical (unpaired) electrons. The maximum absolute atomic E-state index is 13.9. The smallest absolute Gasteiger partial charge is 0.298 e. The molecule has 0 atom stereocenters. The molecule has 0 aliphatic carbocycles. The molecule has 0 saturated carbocycles. The minimum Gasteiger partial charge on any atom is -0.481 e. The number of nitrogens with zero attached hydrogens (tertiary/aromatic N) is 4. The van der Waals surface area contributed by atoms with Gasteiger partial charge < -0.3 is 15.0 Å². The summed E-state index contributed by atoms with van der Waals surface area (Å²) in [6.07, 6.45) is 0. The number of sulfonamides is 1. The van der Waals surface area contributed by atoms with Crippen molar-refractivity contribution >= 4 is 21.9 Å². The van der Waals surface area contributed by atoms with Gasteiger partial charge in [-0.3, -0.25) is 14.2 Å². The molecule has 0 fully saturated rings. The Bertz CT molecular complexity index is 1510. The van der Waals surface area contributed by atoms with Crippen LogP contribution in [0.5, 0.6) is 5.75 Å². The standard InChI is InChI=1S/C26H30FN5O5S/c1-17(2)31-12-13-32-25(34)23(37-16-18-8-6-5-7-9-18)22(29-26(31)32)24(33)28-15-19-10-11-20(27)14-21(19)38(35,36)30(3)4/h5-11,14,17H,12-13,15-16H2,1-4H3,(H,28,33). The number of hydrogen-bond acceptors (Lipinski definition) is 7. The third-order valence-electron chi connectivity index (χ3n) is 6.22. The Kier molecular flexibility index (Phi) is 7.83. The van der Waals surface area contributed by atoms with Gasteiger partial charge in [-0.1, -0.05) is 36.4 Å². The summed E-state index contributed by atoms with van der Waals surface area (Å²) in [7, 11) is -1.31. The van der Waals surface area contributed by atoms with Crippen LogP contribution in [-0.2, 0) is 29.7 Å². The predicted octanol–water partition coefficient (Wildman–Crippen LogP) is 2.37. The first-order valence-electron chi connectivity index (χ1n) is 12.1. The summed E-state index contributed by atoms with van der Waals surface area (Å²) in [5.74, 6) is -1.28. The molecule has 4 rings (SSSR count). The fraction of sp³-hybridized carbons (Fsp3) is 0.346.